The molecule has 0 amide bonds. The Morgan fingerprint density at radius 1 is 0.690 bits per heavy atom. The van der Waals surface area contributed by atoms with Gasteiger partial charge in [0.15, 0.2) is 0 Å². The van der Waals surface area contributed by atoms with Gasteiger partial charge in [-0.2, -0.15) is 0 Å². The number of carbonyl (C=O) groups excluding carboxylic acids is 1. The molecule has 2 fully saturated rings. The molecular weight excluding hydrogens is 376 g/mol. The van der Waals surface area contributed by atoms with Gasteiger partial charge in [0.05, 0.1) is 19.6 Å². The molecule has 9 nitrogen and oxygen atoms in total. The molecule has 0 unspecified atom stereocenters. The van der Waals surface area contributed by atoms with E-state index in [4.69, 9.17) is 0 Å². The minimum Gasteiger partial charge on any atom is -0.480 e. The Hall–Kier alpha value is -1.55. The first kappa shape index (κ1) is 23.7. The Morgan fingerprint density at radius 3 is 1.34 bits per heavy atom. The molecule has 2 aliphatic rings. The molecule has 1 saturated carbocycles. The molecule has 29 heavy (non-hydrogen) atoms. The van der Waals surface area contributed by atoms with Gasteiger partial charge in [0, 0.05) is 58.9 Å². The van der Waals surface area contributed by atoms with Crippen LogP contribution in [-0.4, -0.2) is 126 Å². The average molecular weight is 413 g/mol. The summed E-state index contributed by atoms with van der Waals surface area (Å²) in [4.78, 5) is 42.4. The van der Waals surface area contributed by atoms with Crippen molar-refractivity contribution in [1.82, 2.24) is 19.6 Å². The molecule has 166 valence electrons. The fraction of sp³-hybridized carbons (Fsp3) is 0.850. The largest absolute Gasteiger partial charge is 0.480 e. The van der Waals surface area contributed by atoms with Gasteiger partial charge < -0.3 is 15.1 Å². The summed E-state index contributed by atoms with van der Waals surface area (Å²) >= 11 is 0. The summed E-state index contributed by atoms with van der Waals surface area (Å²) in [6.45, 7) is 10.3. The summed E-state index contributed by atoms with van der Waals surface area (Å²) < 4.78 is 0. The molecule has 2 rings (SSSR count). The highest BCUT2D eigenvalue weighted by Crippen LogP contribution is 2.45. The number of hydrogen-bond donors (Lipinski definition) is 2. The Kier molecular flexibility index (Phi) is 9.01. The van der Waals surface area contributed by atoms with E-state index in [1.165, 1.54) is 12.8 Å². The second-order valence-electron chi connectivity index (χ2n) is 8.90. The number of aliphatic carboxylic acids is 2. The highest BCUT2D eigenvalue weighted by atomic mass is 16.4. The lowest BCUT2D eigenvalue weighted by molar-refractivity contribution is -0.140. The van der Waals surface area contributed by atoms with E-state index in [9.17, 15) is 24.6 Å². The van der Waals surface area contributed by atoms with Gasteiger partial charge in [0.25, 0.3) is 0 Å². The Balaban J connectivity index is 2.08. The number of carbonyl (C=O) groups is 3. The first-order chi connectivity index (χ1) is 13.6. The summed E-state index contributed by atoms with van der Waals surface area (Å²) in [5.74, 6) is -1.66. The van der Waals surface area contributed by atoms with Crippen LogP contribution in [0.3, 0.4) is 0 Å². The van der Waals surface area contributed by atoms with E-state index in [-0.39, 0.29) is 18.9 Å². The van der Waals surface area contributed by atoms with E-state index in [1.807, 2.05) is 9.80 Å². The van der Waals surface area contributed by atoms with Crippen molar-refractivity contribution < 1.29 is 24.6 Å². The highest BCUT2D eigenvalue weighted by Gasteiger charge is 2.38. The van der Waals surface area contributed by atoms with Crippen LogP contribution in [0, 0.1) is 5.41 Å². The van der Waals surface area contributed by atoms with Gasteiger partial charge in [-0.25, -0.2) is 0 Å². The molecule has 1 heterocycles. The van der Waals surface area contributed by atoms with Crippen LogP contribution in [0.2, 0.25) is 0 Å². The summed E-state index contributed by atoms with van der Waals surface area (Å²) in [6, 6.07) is 0. The second-order valence-corrected chi connectivity index (χ2v) is 8.90. The summed E-state index contributed by atoms with van der Waals surface area (Å²) in [6.07, 6.45) is 2.45. The highest BCUT2D eigenvalue weighted by molar-refractivity contribution is 5.77. The first-order valence-corrected chi connectivity index (χ1v) is 10.5. The molecule has 0 bridgehead atoms. The van der Waals surface area contributed by atoms with Gasteiger partial charge in [0.1, 0.15) is 5.78 Å². The summed E-state index contributed by atoms with van der Waals surface area (Å²) in [5.41, 5.74) is 0.360. The minimum atomic E-state index is -0.899. The number of Topliss-reactive ketones (excluding diaryl/α,β-unsaturated/α-hetero) is 1. The molecule has 0 spiro atoms. The molecule has 0 radical (unpaired) electrons. The summed E-state index contributed by atoms with van der Waals surface area (Å²) in [7, 11) is 0. The van der Waals surface area contributed by atoms with Gasteiger partial charge >= 0.3 is 11.9 Å². The third kappa shape index (κ3) is 9.66. The number of carboxylic acids is 2. The smallest absolute Gasteiger partial charge is 0.317 e. The van der Waals surface area contributed by atoms with Crippen molar-refractivity contribution in [2.75, 3.05) is 78.5 Å². The van der Waals surface area contributed by atoms with Gasteiger partial charge in [-0.1, -0.05) is 6.92 Å². The van der Waals surface area contributed by atoms with Crippen molar-refractivity contribution in [3.8, 4) is 0 Å². The number of rotatable bonds is 8. The van der Waals surface area contributed by atoms with Crippen molar-refractivity contribution in [1.29, 1.82) is 0 Å². The molecular formula is C20H36N4O5. The number of nitrogens with zero attached hydrogens (tertiary/aromatic N) is 4. The lowest BCUT2D eigenvalue weighted by Crippen LogP contribution is -2.49. The standard InChI is InChI=1S/C20H36N4O5/c1-17(25)13-21-5-6-22(14-18(26)27)7-8-23(15-19(28)29)10-12-24(11-9-21)16-20(2)3-4-20/h3-16H2,1-2H3,(H,26,27)(H,28,29). The zero-order valence-electron chi connectivity index (χ0n) is 17.8. The van der Waals surface area contributed by atoms with Gasteiger partial charge in [-0.05, 0) is 25.2 Å². The van der Waals surface area contributed by atoms with Crippen LogP contribution in [0.5, 0.6) is 0 Å². The van der Waals surface area contributed by atoms with E-state index < -0.39 is 11.9 Å². The average Bonchev–Trinajstić information content (AvgIpc) is 3.33. The van der Waals surface area contributed by atoms with Gasteiger partial charge in [0.2, 0.25) is 0 Å². The third-order valence-electron chi connectivity index (χ3n) is 5.80. The Labute approximate surface area is 173 Å². The molecule has 9 heteroatoms. The first-order valence-electron chi connectivity index (χ1n) is 10.5. The van der Waals surface area contributed by atoms with Crippen LogP contribution in [0.1, 0.15) is 26.7 Å². The molecule has 2 N–H and O–H groups in total. The maximum absolute atomic E-state index is 11.7. The van der Waals surface area contributed by atoms with Gasteiger partial charge in [-0.15, -0.1) is 0 Å². The zero-order valence-corrected chi connectivity index (χ0v) is 17.8. The number of hydrogen-bond acceptors (Lipinski definition) is 7. The van der Waals surface area contributed by atoms with Crippen LogP contribution >= 0.6 is 0 Å². The van der Waals surface area contributed by atoms with Crippen molar-refractivity contribution in [3.63, 3.8) is 0 Å². The number of ketones is 1. The predicted octanol–water partition coefficient (Wildman–Crippen LogP) is -0.234. The van der Waals surface area contributed by atoms with Crippen molar-refractivity contribution >= 4 is 17.7 Å². The van der Waals surface area contributed by atoms with Crippen LogP contribution in [0.25, 0.3) is 0 Å². The lowest BCUT2D eigenvalue weighted by Gasteiger charge is -2.34. The molecule has 1 aliphatic heterocycles. The van der Waals surface area contributed by atoms with Crippen molar-refractivity contribution in [2.45, 2.75) is 26.7 Å². The third-order valence-corrected chi connectivity index (χ3v) is 5.80. The predicted molar refractivity (Wildman–Crippen MR) is 109 cm³/mol. The van der Waals surface area contributed by atoms with E-state index in [1.54, 1.807) is 6.92 Å². The topological polar surface area (TPSA) is 105 Å². The Morgan fingerprint density at radius 2 is 1.03 bits per heavy atom. The quantitative estimate of drug-likeness (QED) is 0.559. The molecule has 1 saturated heterocycles. The zero-order chi connectivity index (χ0) is 21.4. The van der Waals surface area contributed by atoms with Gasteiger partial charge in [-0.3, -0.25) is 29.1 Å². The van der Waals surface area contributed by atoms with E-state index >= 15 is 0 Å². The van der Waals surface area contributed by atoms with Crippen LogP contribution < -0.4 is 0 Å². The molecule has 1 aliphatic carbocycles. The van der Waals surface area contributed by atoms with Crippen LogP contribution in [0.4, 0.5) is 0 Å². The van der Waals surface area contributed by atoms with Crippen molar-refractivity contribution in [3.05, 3.63) is 0 Å². The monoisotopic (exact) mass is 412 g/mol. The van der Waals surface area contributed by atoms with Crippen molar-refractivity contribution in [2.24, 2.45) is 5.41 Å². The molecule has 0 atom stereocenters. The normalized spacial score (nSPS) is 23.1. The fourth-order valence-electron chi connectivity index (χ4n) is 3.82. The maximum Gasteiger partial charge on any atom is 0.317 e. The maximum atomic E-state index is 11.7. The number of carboxylic acid groups (broad SMARTS) is 2. The van der Waals surface area contributed by atoms with Crippen LogP contribution in [0.15, 0.2) is 0 Å². The minimum absolute atomic E-state index is 0.0392. The molecule has 0 aromatic carbocycles. The molecule has 0 aromatic rings. The fourth-order valence-corrected chi connectivity index (χ4v) is 3.82. The SMILES string of the molecule is CC(=O)CN1CCN(CC(=O)O)CCN(CC(=O)O)CCN(CC2(C)CC2)CC1. The van der Waals surface area contributed by atoms with Crippen LogP contribution in [-0.2, 0) is 14.4 Å². The van der Waals surface area contributed by atoms with E-state index in [2.05, 4.69) is 16.7 Å². The Bertz CT molecular complexity index is 549. The van der Waals surface area contributed by atoms with E-state index in [0.29, 0.717) is 44.7 Å². The van der Waals surface area contributed by atoms with E-state index in [0.717, 1.165) is 26.2 Å². The second kappa shape index (κ2) is 11.0. The lowest BCUT2D eigenvalue weighted by atomic mass is 10.1. The summed E-state index contributed by atoms with van der Waals surface area (Å²) in [5, 5.41) is 18.4. The molecule has 0 aromatic heterocycles.